The molecule has 5 aliphatic heterocycles. The lowest BCUT2D eigenvalue weighted by Gasteiger charge is -2.37. The van der Waals surface area contributed by atoms with E-state index >= 15 is 0 Å². The van der Waals surface area contributed by atoms with E-state index in [0.717, 1.165) is 132 Å². The Morgan fingerprint density at radius 2 is 0.780 bits per heavy atom. The van der Waals surface area contributed by atoms with Crippen LogP contribution in [0.4, 0.5) is 0 Å². The predicted molar refractivity (Wildman–Crippen MR) is 463 cm³/mol. The van der Waals surface area contributed by atoms with Gasteiger partial charge in [0.25, 0.3) is 11.8 Å². The molecule has 5 saturated heterocycles. The number of hydrogen-bond acceptors (Lipinski definition) is 26. The summed E-state index contributed by atoms with van der Waals surface area (Å²) >= 11 is 3.97. The molecule has 0 radical (unpaired) electrons. The normalized spacial score (nSPS) is 18.1. The summed E-state index contributed by atoms with van der Waals surface area (Å²) in [6, 6.07) is 42.4. The lowest BCUT2D eigenvalue weighted by Crippen LogP contribution is -2.48. The van der Waals surface area contributed by atoms with Crippen molar-refractivity contribution in [2.45, 2.75) is 177 Å². The lowest BCUT2D eigenvalue weighted by atomic mass is 9.82. The topological polar surface area (TPSA) is 343 Å². The Morgan fingerprint density at radius 1 is 0.439 bits per heavy atom. The fourth-order valence-corrected chi connectivity index (χ4v) is 23.6. The number of hydrogen-bond donors (Lipinski definition) is 1. The van der Waals surface area contributed by atoms with Crippen LogP contribution in [0.1, 0.15) is 180 Å². The monoisotopic (exact) mass is 1780 g/mol. The van der Waals surface area contributed by atoms with Gasteiger partial charge in [0.2, 0.25) is 21.0 Å². The molecule has 0 bridgehead atoms. The van der Waals surface area contributed by atoms with E-state index in [-0.39, 0.29) is 81.9 Å². The zero-order chi connectivity index (χ0) is 85.2. The van der Waals surface area contributed by atoms with E-state index in [4.69, 9.17) is 28.4 Å². The van der Waals surface area contributed by atoms with Gasteiger partial charge >= 0.3 is 0 Å². The average molecular weight is 1780 g/mol. The number of amides is 2. The summed E-state index contributed by atoms with van der Waals surface area (Å²) in [5.41, 5.74) is 4.47. The summed E-state index contributed by atoms with van der Waals surface area (Å²) in [7, 11) is -9.85. The molecule has 1 N–H and O–H groups in total. The largest absolute Gasteiger partial charge is 0.445 e. The van der Waals surface area contributed by atoms with E-state index in [1.54, 1.807) is 104 Å². The van der Waals surface area contributed by atoms with Gasteiger partial charge in [0.1, 0.15) is 49.6 Å². The van der Waals surface area contributed by atoms with Crippen molar-refractivity contribution < 1.29 is 77.6 Å². The quantitative estimate of drug-likeness (QED) is 0.0399. The van der Waals surface area contributed by atoms with Crippen molar-refractivity contribution in [1.29, 1.82) is 0 Å². The van der Waals surface area contributed by atoms with Crippen molar-refractivity contribution in [2.24, 2.45) is 23.7 Å². The minimum Gasteiger partial charge on any atom is -0.445 e. The minimum absolute atomic E-state index is 0.00267. The van der Waals surface area contributed by atoms with Gasteiger partial charge < -0.3 is 38.2 Å². The molecule has 3 aliphatic carbocycles. The van der Waals surface area contributed by atoms with E-state index in [2.05, 4.69) is 42.5 Å². The Hall–Kier alpha value is -9.64. The molecule has 123 heavy (non-hydrogen) atoms. The van der Waals surface area contributed by atoms with Crippen molar-refractivity contribution >= 4 is 92.7 Å². The molecule has 3 saturated carbocycles. The van der Waals surface area contributed by atoms with E-state index in [1.165, 1.54) is 34.0 Å². The first kappa shape index (κ1) is 86.9. The average Bonchev–Trinajstić information content (AvgIpc) is 1.68. The van der Waals surface area contributed by atoms with Gasteiger partial charge in [0, 0.05) is 100 Å². The van der Waals surface area contributed by atoms with Crippen LogP contribution in [0.3, 0.4) is 0 Å². The molecule has 26 nitrogen and oxygen atoms in total. The number of carbonyl (C=O) groups is 5. The van der Waals surface area contributed by atoms with Crippen LogP contribution in [0.2, 0.25) is 0 Å². The van der Waals surface area contributed by atoms with Crippen molar-refractivity contribution in [3.63, 3.8) is 0 Å². The van der Waals surface area contributed by atoms with Crippen LogP contribution in [0.15, 0.2) is 179 Å². The summed E-state index contributed by atoms with van der Waals surface area (Å²) in [6.45, 7) is 9.43. The number of likely N-dealkylation sites (tertiary alicyclic amines) is 2. The maximum atomic E-state index is 13.7. The Balaban J connectivity index is 0.000000137. The molecule has 18 rings (SSSR count). The molecule has 646 valence electrons. The molecule has 4 aromatic heterocycles. The van der Waals surface area contributed by atoms with Crippen molar-refractivity contribution in [3.8, 4) is 43.8 Å². The second-order valence-corrected chi connectivity index (χ2v) is 43.1. The first-order valence-electron chi connectivity index (χ1n) is 42.4. The van der Waals surface area contributed by atoms with Gasteiger partial charge in [0.15, 0.2) is 29.5 Å². The van der Waals surface area contributed by atoms with Crippen molar-refractivity contribution in [2.75, 3.05) is 65.8 Å². The second kappa shape index (κ2) is 39.3. The number of rotatable bonds is 33. The molecule has 3 atom stereocenters. The van der Waals surface area contributed by atoms with Crippen molar-refractivity contribution in [3.05, 3.63) is 207 Å². The Kier molecular flexibility index (Phi) is 27.7. The van der Waals surface area contributed by atoms with Crippen LogP contribution in [0, 0.1) is 23.7 Å². The molecule has 8 aliphatic rings. The summed E-state index contributed by atoms with van der Waals surface area (Å²) in [4.78, 5) is 84.4. The number of sulfone groups is 3. The van der Waals surface area contributed by atoms with Gasteiger partial charge in [-0.05, 0) is 233 Å². The standard InChI is InChI=1S/C32H36N2O6S2.C31H34N2O6S2.C28H29N5O5S2/c1-21-19-34(20-21)32(36)24-3-2-4-25(16-24)40-31-18-33-30(41-31)17-29(35)28(15-22-11-13-39-14-12-22)23-5-7-26(8-6-23)42(37,38)27-9-10-27;34-28(19-29-32-20-30(40-29)39-24-4-1-3-23(18-24)31(35)33-13-2-14-33)27(17-21-11-15-38-16-12-21)22-5-7-25(8-6-22)41(36,37)26-9-10-26;34-25(16-26-29-17-27(39-26)38-21-3-1-2-20(15-21)28-30-32-33-31-28)24(14-18-10-12-37-13-11-18)19-4-6-22(7-5-19)40(35,36)23-8-9-23/h2-8,16,18,21-22,27-28H,9-15,17,19-20H2,1H3;1,3-8,18,20-21,26-27H,2,9-17,19H2;1-7,15,17-18,23-24H,8-14,16H2,(H,30,31,32,33)/t28-;27-;24-/m111/s1. The number of nitrogens with one attached hydrogen (secondary N) is 1. The maximum absolute atomic E-state index is 13.7. The van der Waals surface area contributed by atoms with Crippen LogP contribution in [-0.2, 0) is 77.4 Å². The highest BCUT2D eigenvalue weighted by Gasteiger charge is 2.41. The number of tetrazole rings is 1. The number of thiazole rings is 3. The van der Waals surface area contributed by atoms with Gasteiger partial charge in [-0.3, -0.25) is 24.0 Å². The fraction of sp³-hybridized carbons (Fsp3) is 0.440. The third-order valence-corrected chi connectivity index (χ3v) is 33.4. The Labute approximate surface area is 728 Å². The highest BCUT2D eigenvalue weighted by Crippen LogP contribution is 2.43. The molecule has 32 heteroatoms. The van der Waals surface area contributed by atoms with E-state index in [1.807, 2.05) is 70.5 Å². The predicted octanol–water partition coefficient (Wildman–Crippen LogP) is 15.9. The Bertz CT molecular complexity index is 5710. The smallest absolute Gasteiger partial charge is 0.254 e. The van der Waals surface area contributed by atoms with Gasteiger partial charge in [-0.1, -0.05) is 102 Å². The summed E-state index contributed by atoms with van der Waals surface area (Å²) in [5, 5.41) is 16.9. The van der Waals surface area contributed by atoms with E-state index in [0.29, 0.717) is 162 Å². The summed E-state index contributed by atoms with van der Waals surface area (Å²) in [5.74, 6) is 2.93. The first-order chi connectivity index (χ1) is 59.6. The molecule has 2 amide bonds. The number of nitrogens with zero attached hydrogens (tertiary/aromatic N) is 8. The zero-order valence-corrected chi connectivity index (χ0v) is 73.2. The highest BCUT2D eigenvalue weighted by molar-refractivity contribution is 7.93. The number of aromatic nitrogens is 7. The van der Waals surface area contributed by atoms with Crippen LogP contribution in [-0.4, -0.2) is 181 Å². The number of Topliss-reactive ketones (excluding diaryl/α,β-unsaturated/α-hetero) is 3. The van der Waals surface area contributed by atoms with Gasteiger partial charge in [-0.25, -0.2) is 40.2 Å². The number of benzene rings is 6. The zero-order valence-electron chi connectivity index (χ0n) is 68.3. The molecule has 10 aromatic rings. The third kappa shape index (κ3) is 22.4. The van der Waals surface area contributed by atoms with E-state index < -0.39 is 29.5 Å². The fourth-order valence-electron chi connectivity index (χ4n) is 16.2. The number of ether oxygens (including phenoxy) is 6. The molecule has 0 spiro atoms. The van der Waals surface area contributed by atoms with Crippen LogP contribution >= 0.6 is 34.0 Å². The molecular weight excluding hydrogens is 1680 g/mol. The number of aromatic amines is 1. The molecule has 8 fully saturated rings. The lowest BCUT2D eigenvalue weighted by molar-refractivity contribution is -0.121. The number of H-pyrrole nitrogens is 1. The van der Waals surface area contributed by atoms with Gasteiger partial charge in [-0.15, -0.1) is 10.2 Å². The van der Waals surface area contributed by atoms with Gasteiger partial charge in [0.05, 0.1) is 68.3 Å². The van der Waals surface area contributed by atoms with Crippen LogP contribution in [0.5, 0.6) is 32.4 Å². The van der Waals surface area contributed by atoms with E-state index in [9.17, 15) is 49.2 Å². The maximum Gasteiger partial charge on any atom is 0.254 e. The van der Waals surface area contributed by atoms with Gasteiger partial charge in [-0.2, -0.15) is 5.21 Å². The first-order valence-corrected chi connectivity index (χ1v) is 49.5. The third-order valence-electron chi connectivity index (χ3n) is 23.9. The molecule has 0 unspecified atom stereocenters. The molecule has 6 aromatic carbocycles. The number of carbonyl (C=O) groups excluding carboxylic acids is 5. The number of ketones is 3. The molecular formula is C91H99N9O17S6. The summed E-state index contributed by atoms with van der Waals surface area (Å²) < 4.78 is 111. The Morgan fingerprint density at radius 3 is 1.10 bits per heavy atom. The molecule has 9 heterocycles. The SMILES string of the molecule is CC1CN(C(=O)c2cccc(Oc3cnc(CC(=O)[C@H](CC4CCOCC4)c4ccc(S(=O)(=O)C5CC5)cc4)s3)c2)C1.O=C(Cc1ncc(Oc2cccc(-c3nn[nH]n3)c2)s1)[C@H](CC1CCOCC1)c1ccc(S(=O)(=O)C2CC2)cc1.O=C(Cc1ncc(Oc2cccc(C(=O)N3CCC3)c2)s1)[C@H](CC1CCOCC1)c1ccc(S(=O)(=O)C2CC2)cc1. The van der Waals surface area contributed by atoms with Crippen LogP contribution in [0.25, 0.3) is 11.4 Å². The minimum atomic E-state index is -3.28. The summed E-state index contributed by atoms with van der Waals surface area (Å²) in [6.07, 6.45) is 18.3. The second-order valence-electron chi connectivity index (χ2n) is 33.2. The highest BCUT2D eigenvalue weighted by atomic mass is 32.2. The van der Waals surface area contributed by atoms with Crippen molar-refractivity contribution in [1.82, 2.24) is 45.4 Å². The van der Waals surface area contributed by atoms with Crippen LogP contribution < -0.4 is 14.2 Å².